The summed E-state index contributed by atoms with van der Waals surface area (Å²) in [7, 11) is -2.71. The van der Waals surface area contributed by atoms with Gasteiger partial charge in [-0.25, -0.2) is 0 Å². The van der Waals surface area contributed by atoms with Crippen molar-refractivity contribution in [1.82, 2.24) is 0 Å². The van der Waals surface area contributed by atoms with Gasteiger partial charge in [-0.2, -0.15) is 0 Å². The van der Waals surface area contributed by atoms with E-state index in [0.717, 1.165) is 43.9 Å². The van der Waals surface area contributed by atoms with E-state index in [0.29, 0.717) is 12.8 Å². The number of rotatable bonds is 15. The lowest BCUT2D eigenvalue weighted by atomic mass is 10.0. The molecule has 0 bridgehead atoms. The molecule has 4 nitrogen and oxygen atoms in total. The Kier molecular flexibility index (Phi) is 13.5. The molecule has 1 N–H and O–H groups in total. The molecule has 5 heteroatoms. The third-order valence-corrected chi connectivity index (χ3v) is 4.91. The van der Waals surface area contributed by atoms with Gasteiger partial charge in [0.1, 0.15) is 0 Å². The van der Waals surface area contributed by atoms with E-state index in [9.17, 15) is 9.59 Å². The molecule has 150 valence electrons. The van der Waals surface area contributed by atoms with E-state index in [1.165, 1.54) is 19.3 Å². The van der Waals surface area contributed by atoms with E-state index in [4.69, 9.17) is 9.16 Å². The minimum absolute atomic E-state index is 0.199. The van der Waals surface area contributed by atoms with Crippen LogP contribution >= 0.6 is 0 Å². The Balaban J connectivity index is 4.09. The molecule has 0 saturated heterocycles. The Hall–Kier alpha value is -0.393. The second-order valence-corrected chi connectivity index (χ2v) is 11.6. The number of ether oxygens (including phenoxy) is 1. The van der Waals surface area contributed by atoms with Gasteiger partial charge in [0.25, 0.3) is 0 Å². The zero-order valence-electron chi connectivity index (χ0n) is 17.5. The Morgan fingerprint density at radius 3 is 1.80 bits per heavy atom. The standard InChI is InChI=1S/C20H42O4Si/c1-17(2)13-9-7-11-15-19(21)23-20(24-25(5,6)22)16-12-8-10-14-18(3)4/h17-18,20,22H,7-16H2,1-6H3. The number of esters is 1. The largest absolute Gasteiger partial charge is 0.437 e. The summed E-state index contributed by atoms with van der Waals surface area (Å²) >= 11 is 0. The van der Waals surface area contributed by atoms with E-state index in [-0.39, 0.29) is 5.97 Å². The Bertz CT molecular complexity index is 337. The number of hydrogen-bond acceptors (Lipinski definition) is 4. The minimum atomic E-state index is -2.71. The molecular weight excluding hydrogens is 332 g/mol. The van der Waals surface area contributed by atoms with Crippen LogP contribution in [0.15, 0.2) is 0 Å². The van der Waals surface area contributed by atoms with Crippen LogP contribution in [0.1, 0.15) is 91.9 Å². The second kappa shape index (κ2) is 13.8. The van der Waals surface area contributed by atoms with Crippen LogP contribution in [-0.2, 0) is 14.0 Å². The summed E-state index contributed by atoms with van der Waals surface area (Å²) in [5, 5.41) is 0. The van der Waals surface area contributed by atoms with Crippen LogP contribution in [-0.4, -0.2) is 25.6 Å². The summed E-state index contributed by atoms with van der Waals surface area (Å²) in [6.07, 6.45) is 9.32. The van der Waals surface area contributed by atoms with E-state index in [1.54, 1.807) is 13.1 Å². The summed E-state index contributed by atoms with van der Waals surface area (Å²) in [5.41, 5.74) is 0. The lowest BCUT2D eigenvalue weighted by Gasteiger charge is -2.24. The van der Waals surface area contributed by atoms with Crippen LogP contribution in [0.25, 0.3) is 0 Å². The molecule has 0 aromatic carbocycles. The Morgan fingerprint density at radius 2 is 1.32 bits per heavy atom. The van der Waals surface area contributed by atoms with Crippen molar-refractivity contribution in [2.45, 2.75) is 111 Å². The van der Waals surface area contributed by atoms with E-state index < -0.39 is 14.9 Å². The van der Waals surface area contributed by atoms with Gasteiger partial charge in [-0.1, -0.05) is 66.2 Å². The number of unbranched alkanes of at least 4 members (excludes halogenated alkanes) is 4. The zero-order chi connectivity index (χ0) is 19.3. The highest BCUT2D eigenvalue weighted by atomic mass is 28.4. The predicted molar refractivity (Wildman–Crippen MR) is 107 cm³/mol. The van der Waals surface area contributed by atoms with Gasteiger partial charge in [-0.3, -0.25) is 4.79 Å². The molecule has 0 spiro atoms. The fraction of sp³-hybridized carbons (Fsp3) is 0.950. The summed E-state index contributed by atoms with van der Waals surface area (Å²) in [6.45, 7) is 12.3. The van der Waals surface area contributed by atoms with Crippen LogP contribution < -0.4 is 0 Å². The van der Waals surface area contributed by atoms with Gasteiger partial charge >= 0.3 is 14.5 Å². The van der Waals surface area contributed by atoms with E-state index in [1.807, 2.05) is 0 Å². The Labute approximate surface area is 156 Å². The SMILES string of the molecule is CC(C)CCCCCC(=O)OC(CCCCCC(C)C)O[Si](C)(C)O. The van der Waals surface area contributed by atoms with Gasteiger partial charge in [0, 0.05) is 12.8 Å². The second-order valence-electron chi connectivity index (χ2n) is 8.51. The molecule has 0 aromatic heterocycles. The fourth-order valence-electron chi connectivity index (χ4n) is 2.71. The van der Waals surface area contributed by atoms with Crippen LogP contribution in [0.5, 0.6) is 0 Å². The van der Waals surface area contributed by atoms with Gasteiger partial charge in [-0.05, 0) is 37.8 Å². The summed E-state index contributed by atoms with van der Waals surface area (Å²) < 4.78 is 11.1. The first kappa shape index (κ1) is 24.6. The van der Waals surface area contributed by atoms with Crippen LogP contribution in [0, 0.1) is 11.8 Å². The van der Waals surface area contributed by atoms with Crippen molar-refractivity contribution in [2.75, 3.05) is 0 Å². The first-order chi connectivity index (χ1) is 11.6. The van der Waals surface area contributed by atoms with Crippen molar-refractivity contribution in [2.24, 2.45) is 11.8 Å². The zero-order valence-corrected chi connectivity index (χ0v) is 18.5. The number of carbonyl (C=O) groups is 1. The van der Waals surface area contributed by atoms with Crippen LogP contribution in [0.2, 0.25) is 13.1 Å². The summed E-state index contributed by atoms with van der Waals surface area (Å²) in [5.74, 6) is 1.25. The lowest BCUT2D eigenvalue weighted by Crippen LogP contribution is -2.37. The molecule has 0 radical (unpaired) electrons. The highest BCUT2D eigenvalue weighted by Gasteiger charge is 2.26. The molecule has 1 unspecified atom stereocenters. The molecule has 0 heterocycles. The number of hydrogen-bond donors (Lipinski definition) is 1. The third kappa shape index (κ3) is 18.2. The van der Waals surface area contributed by atoms with Crippen molar-refractivity contribution >= 4 is 14.5 Å². The van der Waals surface area contributed by atoms with Crippen molar-refractivity contribution in [3.05, 3.63) is 0 Å². The first-order valence-electron chi connectivity index (χ1n) is 10.2. The normalized spacial score (nSPS) is 13.5. The maximum atomic E-state index is 12.0. The van der Waals surface area contributed by atoms with Crippen molar-refractivity contribution in [1.29, 1.82) is 0 Å². The van der Waals surface area contributed by atoms with E-state index in [2.05, 4.69) is 27.7 Å². The monoisotopic (exact) mass is 374 g/mol. The molecule has 0 aliphatic rings. The molecule has 0 aliphatic heterocycles. The summed E-state index contributed by atoms with van der Waals surface area (Å²) in [6, 6.07) is 0. The smallest absolute Gasteiger partial charge is 0.331 e. The highest BCUT2D eigenvalue weighted by molar-refractivity contribution is 6.63. The van der Waals surface area contributed by atoms with Crippen molar-refractivity contribution < 1.29 is 18.8 Å². The van der Waals surface area contributed by atoms with Gasteiger partial charge < -0.3 is 14.0 Å². The molecule has 1 atom stereocenters. The van der Waals surface area contributed by atoms with Crippen molar-refractivity contribution in [3.63, 3.8) is 0 Å². The Morgan fingerprint density at radius 1 is 0.840 bits per heavy atom. The minimum Gasteiger partial charge on any atom is -0.437 e. The predicted octanol–water partition coefficient (Wildman–Crippen LogP) is 5.78. The van der Waals surface area contributed by atoms with Crippen LogP contribution in [0.3, 0.4) is 0 Å². The van der Waals surface area contributed by atoms with E-state index >= 15 is 0 Å². The molecule has 25 heavy (non-hydrogen) atoms. The highest BCUT2D eigenvalue weighted by Crippen LogP contribution is 2.17. The molecular formula is C20H42O4Si. The van der Waals surface area contributed by atoms with Crippen LogP contribution in [0.4, 0.5) is 0 Å². The first-order valence-corrected chi connectivity index (χ1v) is 13.1. The van der Waals surface area contributed by atoms with Gasteiger partial charge in [0.2, 0.25) is 0 Å². The van der Waals surface area contributed by atoms with Gasteiger partial charge in [-0.15, -0.1) is 0 Å². The molecule has 0 aliphatic carbocycles. The summed E-state index contributed by atoms with van der Waals surface area (Å²) in [4.78, 5) is 22.0. The molecule has 0 aromatic rings. The fourth-order valence-corrected chi connectivity index (χ4v) is 3.52. The van der Waals surface area contributed by atoms with Gasteiger partial charge in [0.05, 0.1) is 0 Å². The quantitative estimate of drug-likeness (QED) is 0.171. The molecule has 0 saturated carbocycles. The van der Waals surface area contributed by atoms with Gasteiger partial charge in [0.15, 0.2) is 6.29 Å². The molecule has 0 amide bonds. The average molecular weight is 375 g/mol. The molecule has 0 rings (SSSR count). The lowest BCUT2D eigenvalue weighted by molar-refractivity contribution is -0.167. The number of carbonyl (C=O) groups excluding carboxylic acids is 1. The molecule has 0 fully saturated rings. The maximum absolute atomic E-state index is 12.0. The maximum Gasteiger partial charge on any atom is 0.331 e. The average Bonchev–Trinajstić information content (AvgIpc) is 2.44. The topological polar surface area (TPSA) is 55.8 Å². The van der Waals surface area contributed by atoms with Crippen molar-refractivity contribution in [3.8, 4) is 0 Å². The third-order valence-electron chi connectivity index (χ3n) is 4.07.